The quantitative estimate of drug-likeness (QED) is 0.734. The van der Waals surface area contributed by atoms with Crippen LogP contribution in [0.3, 0.4) is 0 Å². The maximum absolute atomic E-state index is 5.53. The van der Waals surface area contributed by atoms with E-state index in [0.717, 1.165) is 48.3 Å². The molecule has 0 saturated heterocycles. The fraction of sp³-hybridized carbons (Fsp3) is 0.375. The Bertz CT molecular complexity index is 853. The Kier molecular flexibility index (Phi) is 3.33. The molecule has 0 fully saturated rings. The Morgan fingerprint density at radius 1 is 1.22 bits per heavy atom. The smallest absolute Gasteiger partial charge is 0.259 e. The first-order valence-electron chi connectivity index (χ1n) is 7.67. The molecule has 0 spiro atoms. The fourth-order valence-electron chi connectivity index (χ4n) is 2.74. The largest absolute Gasteiger partial charge is 0.477 e. The second-order valence-electron chi connectivity index (χ2n) is 5.48. The van der Waals surface area contributed by atoms with Gasteiger partial charge in [-0.1, -0.05) is 17.2 Å². The molecule has 0 aliphatic carbocycles. The van der Waals surface area contributed by atoms with Crippen LogP contribution in [0.4, 0.5) is 0 Å². The zero-order chi connectivity index (χ0) is 15.8. The lowest BCUT2D eigenvalue weighted by Gasteiger charge is -2.15. The van der Waals surface area contributed by atoms with Gasteiger partial charge in [0.2, 0.25) is 11.7 Å². The second-order valence-corrected chi connectivity index (χ2v) is 5.48. The van der Waals surface area contributed by atoms with Gasteiger partial charge in [-0.2, -0.15) is 4.98 Å². The number of aromatic nitrogens is 4. The molecule has 0 amide bonds. The predicted molar refractivity (Wildman–Crippen MR) is 81.0 cm³/mol. The summed E-state index contributed by atoms with van der Waals surface area (Å²) in [7, 11) is 0. The van der Waals surface area contributed by atoms with Gasteiger partial charge in [0, 0.05) is 11.8 Å². The Morgan fingerprint density at radius 2 is 2.13 bits per heavy atom. The first-order valence-corrected chi connectivity index (χ1v) is 7.67. The second kappa shape index (κ2) is 5.49. The first-order chi connectivity index (χ1) is 11.3. The average molecular weight is 312 g/mol. The van der Waals surface area contributed by atoms with Crippen LogP contribution in [0, 0.1) is 6.92 Å². The Balaban J connectivity index is 1.72. The van der Waals surface area contributed by atoms with Gasteiger partial charge in [-0.3, -0.25) is 0 Å². The van der Waals surface area contributed by atoms with Crippen LogP contribution < -0.4 is 4.74 Å². The van der Waals surface area contributed by atoms with Crippen molar-refractivity contribution in [1.29, 1.82) is 0 Å². The topological polar surface area (TPSA) is 87.1 Å². The number of nitrogens with zero attached hydrogens (tertiary/aromatic N) is 4. The Morgan fingerprint density at radius 3 is 3.00 bits per heavy atom. The highest BCUT2D eigenvalue weighted by molar-refractivity contribution is 5.63. The highest BCUT2D eigenvalue weighted by Crippen LogP contribution is 2.30. The molecule has 0 radical (unpaired) electrons. The van der Waals surface area contributed by atoms with Crippen LogP contribution in [0.5, 0.6) is 5.88 Å². The van der Waals surface area contributed by atoms with E-state index in [4.69, 9.17) is 13.8 Å². The summed E-state index contributed by atoms with van der Waals surface area (Å²) in [6, 6.07) is 2.00. The number of aryl methyl sites for hydroxylation is 3. The fourth-order valence-corrected chi connectivity index (χ4v) is 2.74. The van der Waals surface area contributed by atoms with E-state index >= 15 is 0 Å². The number of hydrogen-bond donors (Lipinski definition) is 0. The van der Waals surface area contributed by atoms with Crippen molar-refractivity contribution in [3.8, 4) is 28.7 Å². The van der Waals surface area contributed by atoms with E-state index in [9.17, 15) is 0 Å². The molecule has 4 heterocycles. The van der Waals surface area contributed by atoms with Crippen LogP contribution in [0.2, 0.25) is 0 Å². The maximum atomic E-state index is 5.53. The van der Waals surface area contributed by atoms with E-state index in [2.05, 4.69) is 20.3 Å². The maximum Gasteiger partial charge on any atom is 0.259 e. The summed E-state index contributed by atoms with van der Waals surface area (Å²) < 4.78 is 16.2. The lowest BCUT2D eigenvalue weighted by molar-refractivity contribution is 0.276. The molecule has 0 bridgehead atoms. The van der Waals surface area contributed by atoms with Gasteiger partial charge < -0.3 is 13.8 Å². The molecule has 3 aromatic rings. The minimum atomic E-state index is 0.434. The normalized spacial score (nSPS) is 13.7. The van der Waals surface area contributed by atoms with E-state index in [1.165, 1.54) is 0 Å². The molecule has 1 aliphatic rings. The van der Waals surface area contributed by atoms with Crippen LogP contribution in [-0.2, 0) is 12.8 Å². The van der Waals surface area contributed by atoms with E-state index in [0.29, 0.717) is 23.4 Å². The van der Waals surface area contributed by atoms with Crippen molar-refractivity contribution in [2.24, 2.45) is 0 Å². The standard InChI is InChI=1S/C16H16N4O3/c1-3-12-13(9(2)22-19-12)14-18-16(23-20-14)11-7-10-5-4-6-21-15(10)17-8-11/h7-8H,3-6H2,1-2H3. The molecule has 3 aromatic heterocycles. The highest BCUT2D eigenvalue weighted by atomic mass is 16.5. The minimum absolute atomic E-state index is 0.434. The number of pyridine rings is 1. The van der Waals surface area contributed by atoms with Crippen molar-refractivity contribution in [3.05, 3.63) is 29.3 Å². The van der Waals surface area contributed by atoms with Crippen molar-refractivity contribution < 1.29 is 13.8 Å². The third-order valence-electron chi connectivity index (χ3n) is 3.92. The molecule has 23 heavy (non-hydrogen) atoms. The molecular weight excluding hydrogens is 296 g/mol. The van der Waals surface area contributed by atoms with Crippen molar-refractivity contribution in [2.75, 3.05) is 6.61 Å². The molecule has 0 atom stereocenters. The third kappa shape index (κ3) is 2.38. The summed E-state index contributed by atoms with van der Waals surface area (Å²) in [5.74, 6) is 2.31. The summed E-state index contributed by atoms with van der Waals surface area (Å²) in [5, 5.41) is 8.10. The van der Waals surface area contributed by atoms with Gasteiger partial charge in [0.05, 0.1) is 23.4 Å². The van der Waals surface area contributed by atoms with Gasteiger partial charge in [0.15, 0.2) is 0 Å². The van der Waals surface area contributed by atoms with Crippen LogP contribution >= 0.6 is 0 Å². The van der Waals surface area contributed by atoms with E-state index in [1.807, 2.05) is 19.9 Å². The lowest BCUT2D eigenvalue weighted by Crippen LogP contribution is -2.09. The molecular formula is C16H16N4O3. The first kappa shape index (κ1) is 13.9. The summed E-state index contributed by atoms with van der Waals surface area (Å²) in [4.78, 5) is 8.82. The van der Waals surface area contributed by atoms with E-state index in [1.54, 1.807) is 6.20 Å². The number of fused-ring (bicyclic) bond motifs is 1. The average Bonchev–Trinajstić information content (AvgIpc) is 3.20. The zero-order valence-electron chi connectivity index (χ0n) is 13.0. The predicted octanol–water partition coefficient (Wildman–Crippen LogP) is 2.98. The van der Waals surface area contributed by atoms with Crippen LogP contribution in [0.15, 0.2) is 21.3 Å². The Hall–Kier alpha value is -2.70. The zero-order valence-corrected chi connectivity index (χ0v) is 13.0. The molecule has 7 heteroatoms. The summed E-state index contributed by atoms with van der Waals surface area (Å²) in [6.45, 7) is 4.57. The van der Waals surface area contributed by atoms with Crippen molar-refractivity contribution in [1.82, 2.24) is 20.3 Å². The van der Waals surface area contributed by atoms with Crippen LogP contribution in [0.1, 0.15) is 30.4 Å². The van der Waals surface area contributed by atoms with Gasteiger partial charge in [0.1, 0.15) is 5.76 Å². The van der Waals surface area contributed by atoms with Crippen molar-refractivity contribution in [2.45, 2.75) is 33.1 Å². The number of rotatable bonds is 3. The molecule has 1 aliphatic heterocycles. The van der Waals surface area contributed by atoms with Gasteiger partial charge in [-0.05, 0) is 32.3 Å². The third-order valence-corrected chi connectivity index (χ3v) is 3.92. The molecule has 0 saturated carbocycles. The monoisotopic (exact) mass is 312 g/mol. The van der Waals surface area contributed by atoms with E-state index in [-0.39, 0.29) is 0 Å². The molecule has 0 N–H and O–H groups in total. The molecule has 118 valence electrons. The van der Waals surface area contributed by atoms with Crippen LogP contribution in [-0.4, -0.2) is 26.9 Å². The minimum Gasteiger partial charge on any atom is -0.477 e. The van der Waals surface area contributed by atoms with Gasteiger partial charge in [0.25, 0.3) is 5.89 Å². The van der Waals surface area contributed by atoms with Gasteiger partial charge >= 0.3 is 0 Å². The summed E-state index contributed by atoms with van der Waals surface area (Å²) in [5.41, 5.74) is 3.49. The summed E-state index contributed by atoms with van der Waals surface area (Å²) >= 11 is 0. The van der Waals surface area contributed by atoms with Crippen molar-refractivity contribution >= 4 is 0 Å². The molecule has 4 rings (SSSR count). The Labute approximate surface area is 132 Å². The number of hydrogen-bond acceptors (Lipinski definition) is 7. The van der Waals surface area contributed by atoms with Crippen molar-refractivity contribution in [3.63, 3.8) is 0 Å². The highest BCUT2D eigenvalue weighted by Gasteiger charge is 2.21. The number of ether oxygens (including phenoxy) is 1. The van der Waals surface area contributed by atoms with Crippen LogP contribution in [0.25, 0.3) is 22.8 Å². The molecule has 0 unspecified atom stereocenters. The van der Waals surface area contributed by atoms with E-state index < -0.39 is 0 Å². The van der Waals surface area contributed by atoms with Gasteiger partial charge in [-0.15, -0.1) is 0 Å². The SMILES string of the molecule is CCc1noc(C)c1-c1noc(-c2cnc3c(c2)CCCO3)n1. The summed E-state index contributed by atoms with van der Waals surface area (Å²) in [6.07, 6.45) is 4.38. The van der Waals surface area contributed by atoms with Gasteiger partial charge in [-0.25, -0.2) is 4.98 Å². The molecule has 0 aromatic carbocycles. The molecule has 7 nitrogen and oxygen atoms in total. The lowest BCUT2D eigenvalue weighted by atomic mass is 10.1.